The van der Waals surface area contributed by atoms with Crippen LogP contribution in [-0.2, 0) is 6.42 Å². The van der Waals surface area contributed by atoms with Gasteiger partial charge in [-0.25, -0.2) is 0 Å². The first-order valence-corrected chi connectivity index (χ1v) is 11.4. The fraction of sp³-hybridized carbons (Fsp3) is 0.619. The molecule has 3 nitrogen and oxygen atoms in total. The van der Waals surface area contributed by atoms with E-state index in [2.05, 4.69) is 53.0 Å². The molecule has 1 rings (SSSR count). The van der Waals surface area contributed by atoms with Gasteiger partial charge in [0.1, 0.15) is 8.07 Å². The van der Waals surface area contributed by atoms with E-state index in [0.717, 1.165) is 11.1 Å². The van der Waals surface area contributed by atoms with Crippen LogP contribution < -0.4 is 9.47 Å². The Morgan fingerprint density at radius 2 is 1.40 bits per heavy atom. The third-order valence-corrected chi connectivity index (χ3v) is 11.6. The second-order valence-corrected chi connectivity index (χ2v) is 13.1. The van der Waals surface area contributed by atoms with Crippen LogP contribution in [0.5, 0.6) is 11.5 Å². The molecule has 0 spiro atoms. The molecule has 0 heterocycles. The molecule has 0 atom stereocenters. The molecule has 0 radical (unpaired) electrons. The molecule has 0 aliphatic rings. The van der Waals surface area contributed by atoms with Gasteiger partial charge in [0.2, 0.25) is 0 Å². The van der Waals surface area contributed by atoms with E-state index in [4.69, 9.17) is 9.47 Å². The standard InChI is InChI=1S/C21H34O3Si/c1-15(2)25(16(3)4,17(5)6)12-10-19-14-21(24-8)20(23-7)13-18(19)9-11-22/h13-17,22H,9,11H2,1-8H3. The summed E-state index contributed by atoms with van der Waals surface area (Å²) in [5, 5.41) is 9.42. The van der Waals surface area contributed by atoms with Crippen molar-refractivity contribution in [1.82, 2.24) is 0 Å². The summed E-state index contributed by atoms with van der Waals surface area (Å²) >= 11 is 0. The fourth-order valence-electron chi connectivity index (χ4n) is 3.97. The van der Waals surface area contributed by atoms with Crippen LogP contribution in [0.1, 0.15) is 52.7 Å². The normalized spacial score (nSPS) is 11.7. The van der Waals surface area contributed by atoms with Crippen molar-refractivity contribution in [1.29, 1.82) is 0 Å². The summed E-state index contributed by atoms with van der Waals surface area (Å²) in [6, 6.07) is 3.87. The Hall–Kier alpha value is -1.44. The predicted octanol–water partition coefficient (Wildman–Crippen LogP) is 4.81. The van der Waals surface area contributed by atoms with E-state index in [1.54, 1.807) is 14.2 Å². The molecule has 1 N–H and O–H groups in total. The summed E-state index contributed by atoms with van der Waals surface area (Å²) in [7, 11) is 1.46. The molecule has 140 valence electrons. The number of benzene rings is 1. The molecule has 25 heavy (non-hydrogen) atoms. The van der Waals surface area contributed by atoms with Crippen molar-refractivity contribution in [2.24, 2.45) is 0 Å². The summed E-state index contributed by atoms with van der Waals surface area (Å²) in [6.07, 6.45) is 0.559. The molecule has 1 aromatic rings. The monoisotopic (exact) mass is 362 g/mol. The Bertz CT molecular complexity index is 602. The van der Waals surface area contributed by atoms with Crippen LogP contribution in [0.4, 0.5) is 0 Å². The van der Waals surface area contributed by atoms with Crippen molar-refractivity contribution >= 4 is 8.07 Å². The highest BCUT2D eigenvalue weighted by Gasteiger charge is 2.41. The zero-order chi connectivity index (χ0) is 19.2. The van der Waals surface area contributed by atoms with Gasteiger partial charge in [-0.2, -0.15) is 0 Å². The SMILES string of the molecule is COc1cc(C#C[Si](C(C)C)(C(C)C)C(C)C)c(CCO)cc1OC. The summed E-state index contributed by atoms with van der Waals surface area (Å²) in [5.74, 6) is 4.83. The van der Waals surface area contributed by atoms with Crippen LogP contribution in [0.3, 0.4) is 0 Å². The predicted molar refractivity (Wildman–Crippen MR) is 108 cm³/mol. The second-order valence-electron chi connectivity index (χ2n) is 7.49. The second kappa shape index (κ2) is 9.31. The first-order valence-electron chi connectivity index (χ1n) is 9.13. The highest BCUT2D eigenvalue weighted by Crippen LogP contribution is 2.41. The topological polar surface area (TPSA) is 38.7 Å². The Kier molecular flexibility index (Phi) is 8.04. The molecule has 0 fully saturated rings. The molecule has 0 unspecified atom stereocenters. The molecule has 0 saturated heterocycles. The van der Waals surface area contributed by atoms with Gasteiger partial charge in [0.05, 0.1) is 14.2 Å². The van der Waals surface area contributed by atoms with Gasteiger partial charge in [-0.15, -0.1) is 5.54 Å². The molecule has 0 aromatic heterocycles. The molecule has 0 bridgehead atoms. The van der Waals surface area contributed by atoms with E-state index in [-0.39, 0.29) is 6.61 Å². The number of hydrogen-bond acceptors (Lipinski definition) is 3. The first kappa shape index (κ1) is 21.6. The van der Waals surface area contributed by atoms with Crippen molar-refractivity contribution < 1.29 is 14.6 Å². The van der Waals surface area contributed by atoms with Gasteiger partial charge in [-0.1, -0.05) is 47.5 Å². The largest absolute Gasteiger partial charge is 0.493 e. The molecule has 0 aliphatic heterocycles. The molecular weight excluding hydrogens is 328 g/mol. The van der Waals surface area contributed by atoms with Gasteiger partial charge >= 0.3 is 0 Å². The highest BCUT2D eigenvalue weighted by atomic mass is 28.3. The van der Waals surface area contributed by atoms with Crippen molar-refractivity contribution in [2.75, 3.05) is 20.8 Å². The smallest absolute Gasteiger partial charge is 0.161 e. The van der Waals surface area contributed by atoms with Crippen molar-refractivity contribution in [2.45, 2.75) is 64.6 Å². The molecule has 1 aromatic carbocycles. The average Bonchev–Trinajstić information content (AvgIpc) is 2.55. The van der Waals surface area contributed by atoms with Gasteiger partial charge in [-0.3, -0.25) is 0 Å². The van der Waals surface area contributed by atoms with Gasteiger partial charge < -0.3 is 14.6 Å². The van der Waals surface area contributed by atoms with Gasteiger partial charge in [0, 0.05) is 12.2 Å². The third kappa shape index (κ3) is 4.59. The van der Waals surface area contributed by atoms with E-state index in [0.29, 0.717) is 34.5 Å². The van der Waals surface area contributed by atoms with Crippen LogP contribution >= 0.6 is 0 Å². The van der Waals surface area contributed by atoms with E-state index >= 15 is 0 Å². The maximum absolute atomic E-state index is 9.42. The van der Waals surface area contributed by atoms with E-state index in [9.17, 15) is 5.11 Å². The minimum atomic E-state index is -1.80. The number of hydrogen-bond donors (Lipinski definition) is 1. The molecule has 0 amide bonds. The van der Waals surface area contributed by atoms with Crippen molar-refractivity contribution in [3.8, 4) is 23.0 Å². The zero-order valence-electron chi connectivity index (χ0n) is 17.1. The molecular formula is C21H34O3Si. The number of aliphatic hydroxyl groups excluding tert-OH is 1. The first-order chi connectivity index (χ1) is 11.7. The summed E-state index contributed by atoms with van der Waals surface area (Å²) < 4.78 is 10.8. The molecule has 0 saturated carbocycles. The summed E-state index contributed by atoms with van der Waals surface area (Å²) in [4.78, 5) is 0. The Labute approximate surface area is 154 Å². The number of aliphatic hydroxyl groups is 1. The molecule has 0 aliphatic carbocycles. The Morgan fingerprint density at radius 3 is 1.80 bits per heavy atom. The lowest BCUT2D eigenvalue weighted by atomic mass is 10.0. The lowest BCUT2D eigenvalue weighted by Gasteiger charge is -2.38. The minimum absolute atomic E-state index is 0.0886. The minimum Gasteiger partial charge on any atom is -0.493 e. The van der Waals surface area contributed by atoms with Crippen molar-refractivity contribution in [3.05, 3.63) is 23.3 Å². The van der Waals surface area contributed by atoms with E-state index in [1.807, 2.05) is 12.1 Å². The highest BCUT2D eigenvalue weighted by molar-refractivity contribution is 6.90. The quantitative estimate of drug-likeness (QED) is 0.559. The zero-order valence-corrected chi connectivity index (χ0v) is 18.1. The number of rotatable bonds is 7. The average molecular weight is 363 g/mol. The van der Waals surface area contributed by atoms with Crippen molar-refractivity contribution in [3.63, 3.8) is 0 Å². The summed E-state index contributed by atoms with van der Waals surface area (Å²) in [5.41, 5.74) is 7.44. The van der Waals surface area contributed by atoms with Crippen LogP contribution in [-0.4, -0.2) is 34.0 Å². The van der Waals surface area contributed by atoms with Crippen LogP contribution in [0, 0.1) is 11.5 Å². The Balaban J connectivity index is 3.53. The van der Waals surface area contributed by atoms with Gasteiger partial charge in [-0.05, 0) is 40.7 Å². The lowest BCUT2D eigenvalue weighted by Crippen LogP contribution is -2.43. The molecule has 4 heteroatoms. The maximum Gasteiger partial charge on any atom is 0.161 e. The van der Waals surface area contributed by atoms with Crippen LogP contribution in [0.15, 0.2) is 12.1 Å². The maximum atomic E-state index is 9.42. The number of ether oxygens (including phenoxy) is 2. The number of methoxy groups -OCH3 is 2. The van der Waals surface area contributed by atoms with Crippen LogP contribution in [0.2, 0.25) is 16.6 Å². The third-order valence-electron chi connectivity index (χ3n) is 5.27. The van der Waals surface area contributed by atoms with Gasteiger partial charge in [0.15, 0.2) is 11.5 Å². The Morgan fingerprint density at radius 1 is 0.920 bits per heavy atom. The lowest BCUT2D eigenvalue weighted by molar-refractivity contribution is 0.299. The fourth-order valence-corrected chi connectivity index (χ4v) is 9.19. The summed E-state index contributed by atoms with van der Waals surface area (Å²) in [6.45, 7) is 13.9. The van der Waals surface area contributed by atoms with E-state index < -0.39 is 8.07 Å². The van der Waals surface area contributed by atoms with Gasteiger partial charge in [0.25, 0.3) is 0 Å². The van der Waals surface area contributed by atoms with E-state index in [1.165, 1.54) is 0 Å². The van der Waals surface area contributed by atoms with Crippen LogP contribution in [0.25, 0.3) is 0 Å².